The van der Waals surface area contributed by atoms with E-state index in [9.17, 15) is 5.26 Å². The number of nitrogens with two attached hydrogens (primary N) is 1. The van der Waals surface area contributed by atoms with Crippen LogP contribution in [-0.2, 0) is 0 Å². The molecule has 0 aliphatic rings. The highest BCUT2D eigenvalue weighted by Gasteiger charge is 2.19. The monoisotopic (exact) mass is 269 g/mol. The zero-order valence-corrected chi connectivity index (χ0v) is 12.3. The van der Waals surface area contributed by atoms with Gasteiger partial charge in [-0.1, -0.05) is 12.1 Å². The minimum atomic E-state index is 0.0710. The summed E-state index contributed by atoms with van der Waals surface area (Å²) in [5.74, 6) is 1.36. The first-order chi connectivity index (χ1) is 9.51. The van der Waals surface area contributed by atoms with Crippen LogP contribution in [0.2, 0.25) is 0 Å². The molecule has 1 aromatic heterocycles. The van der Waals surface area contributed by atoms with Crippen molar-refractivity contribution in [3.05, 3.63) is 46.6 Å². The van der Waals surface area contributed by atoms with Gasteiger partial charge in [0.25, 0.3) is 0 Å². The van der Waals surface area contributed by atoms with Crippen LogP contribution in [0.3, 0.4) is 0 Å². The van der Waals surface area contributed by atoms with Crippen LogP contribution < -0.4 is 10.5 Å². The van der Waals surface area contributed by atoms with E-state index in [-0.39, 0.29) is 6.04 Å². The van der Waals surface area contributed by atoms with Gasteiger partial charge in [0.05, 0.1) is 18.7 Å². The van der Waals surface area contributed by atoms with Crippen LogP contribution in [0, 0.1) is 25.2 Å². The second-order valence-electron chi connectivity index (χ2n) is 4.90. The summed E-state index contributed by atoms with van der Waals surface area (Å²) in [6.07, 6.45) is 0. The van der Waals surface area contributed by atoms with Crippen molar-refractivity contribution in [1.29, 1.82) is 5.26 Å². The third-order valence-corrected chi connectivity index (χ3v) is 3.89. The lowest BCUT2D eigenvalue weighted by Gasteiger charge is -2.19. The van der Waals surface area contributed by atoms with Crippen LogP contribution in [0.5, 0.6) is 5.75 Å². The topological polar surface area (TPSA) is 64.0 Å². The predicted molar refractivity (Wildman–Crippen MR) is 79.8 cm³/mol. The third kappa shape index (κ3) is 2.12. The molecule has 1 aromatic carbocycles. The van der Waals surface area contributed by atoms with Gasteiger partial charge in [-0.25, -0.2) is 0 Å². The summed E-state index contributed by atoms with van der Waals surface area (Å²) >= 11 is 0. The molecule has 0 amide bonds. The fourth-order valence-electron chi connectivity index (χ4n) is 2.53. The maximum Gasteiger partial charge on any atom is 0.122 e. The Morgan fingerprint density at radius 2 is 1.85 bits per heavy atom. The van der Waals surface area contributed by atoms with E-state index in [4.69, 9.17) is 10.5 Å². The fraction of sp³-hybridized carbons (Fsp3) is 0.312. The molecule has 0 radical (unpaired) electrons. The molecule has 0 fully saturated rings. The van der Waals surface area contributed by atoms with Crippen molar-refractivity contribution in [3.8, 4) is 11.8 Å². The molecule has 0 saturated heterocycles. The Hall–Kier alpha value is -2.41. The minimum absolute atomic E-state index is 0.0710. The van der Waals surface area contributed by atoms with Gasteiger partial charge in [0, 0.05) is 5.69 Å². The summed E-state index contributed by atoms with van der Waals surface area (Å²) in [5.41, 5.74) is 9.80. The molecule has 4 heteroatoms. The van der Waals surface area contributed by atoms with E-state index in [0.29, 0.717) is 11.4 Å². The Morgan fingerprint density at radius 3 is 2.30 bits per heavy atom. The van der Waals surface area contributed by atoms with E-state index in [1.807, 2.05) is 42.7 Å². The molecule has 2 rings (SSSR count). The molecule has 0 saturated carbocycles. The molecule has 1 heterocycles. The summed E-state index contributed by atoms with van der Waals surface area (Å²) < 4.78 is 7.18. The first kappa shape index (κ1) is 14.0. The summed E-state index contributed by atoms with van der Waals surface area (Å²) in [6.45, 7) is 6.00. The molecule has 2 N–H and O–H groups in total. The number of methoxy groups -OCH3 is 1. The van der Waals surface area contributed by atoms with E-state index >= 15 is 0 Å². The van der Waals surface area contributed by atoms with Crippen LogP contribution >= 0.6 is 0 Å². The van der Waals surface area contributed by atoms with Gasteiger partial charge < -0.3 is 15.0 Å². The van der Waals surface area contributed by atoms with Crippen molar-refractivity contribution in [1.82, 2.24) is 4.57 Å². The van der Waals surface area contributed by atoms with E-state index in [1.165, 1.54) is 0 Å². The number of rotatable bonds is 3. The molecule has 0 bridgehead atoms. The van der Waals surface area contributed by atoms with Crippen LogP contribution in [0.25, 0.3) is 0 Å². The zero-order chi connectivity index (χ0) is 14.9. The highest BCUT2D eigenvalue weighted by Crippen LogP contribution is 2.31. The predicted octanol–water partition coefficient (Wildman–Crippen LogP) is 3.18. The standard InChI is InChI=1S/C16H19N3O/c1-10-11(2)19(16(18)15(10)9-17)12(3)13-5-7-14(20-4)8-6-13/h5-8,12H,18H2,1-4H3. The summed E-state index contributed by atoms with van der Waals surface area (Å²) in [4.78, 5) is 0. The van der Waals surface area contributed by atoms with Crippen molar-refractivity contribution < 1.29 is 4.74 Å². The second-order valence-corrected chi connectivity index (χ2v) is 4.90. The first-order valence-corrected chi connectivity index (χ1v) is 6.52. The maximum absolute atomic E-state index is 9.20. The van der Waals surface area contributed by atoms with Crippen LogP contribution in [-0.4, -0.2) is 11.7 Å². The van der Waals surface area contributed by atoms with Gasteiger partial charge in [-0.15, -0.1) is 0 Å². The van der Waals surface area contributed by atoms with E-state index < -0.39 is 0 Å². The number of nitriles is 1. The lowest BCUT2D eigenvalue weighted by molar-refractivity contribution is 0.414. The molecule has 20 heavy (non-hydrogen) atoms. The van der Waals surface area contributed by atoms with Crippen molar-refractivity contribution >= 4 is 5.82 Å². The molecule has 4 nitrogen and oxygen atoms in total. The number of aromatic nitrogens is 1. The molecule has 104 valence electrons. The van der Waals surface area contributed by atoms with Crippen molar-refractivity contribution in [2.24, 2.45) is 0 Å². The van der Waals surface area contributed by atoms with E-state index in [1.54, 1.807) is 7.11 Å². The highest BCUT2D eigenvalue weighted by molar-refractivity contribution is 5.58. The molecule has 1 unspecified atom stereocenters. The number of hydrogen-bond acceptors (Lipinski definition) is 3. The van der Waals surface area contributed by atoms with Crippen LogP contribution in [0.15, 0.2) is 24.3 Å². The number of nitrogen functional groups attached to an aromatic ring is 1. The maximum atomic E-state index is 9.20. The summed E-state index contributed by atoms with van der Waals surface area (Å²) in [6, 6.07) is 10.1. The summed E-state index contributed by atoms with van der Waals surface area (Å²) in [5, 5.41) is 9.20. The lowest BCUT2D eigenvalue weighted by atomic mass is 10.1. The minimum Gasteiger partial charge on any atom is -0.497 e. The SMILES string of the molecule is COc1ccc(C(C)n2c(C)c(C)c(C#N)c2N)cc1. The number of benzene rings is 1. The Labute approximate surface area is 119 Å². The van der Waals surface area contributed by atoms with E-state index in [0.717, 1.165) is 22.6 Å². The van der Waals surface area contributed by atoms with Gasteiger partial charge in [0.15, 0.2) is 0 Å². The summed E-state index contributed by atoms with van der Waals surface area (Å²) in [7, 11) is 1.65. The molecule has 2 aromatic rings. The fourth-order valence-corrected chi connectivity index (χ4v) is 2.53. The average Bonchev–Trinajstić information content (AvgIpc) is 2.68. The number of anilines is 1. The molecule has 0 aliphatic carbocycles. The van der Waals surface area contributed by atoms with Crippen molar-refractivity contribution in [2.75, 3.05) is 12.8 Å². The van der Waals surface area contributed by atoms with Crippen LogP contribution in [0.4, 0.5) is 5.82 Å². The van der Waals surface area contributed by atoms with Crippen molar-refractivity contribution in [3.63, 3.8) is 0 Å². The lowest BCUT2D eigenvalue weighted by Crippen LogP contribution is -2.11. The largest absolute Gasteiger partial charge is 0.497 e. The highest BCUT2D eigenvalue weighted by atomic mass is 16.5. The Morgan fingerprint density at radius 1 is 1.25 bits per heavy atom. The number of ether oxygens (including phenoxy) is 1. The number of hydrogen-bond donors (Lipinski definition) is 1. The number of nitrogens with zero attached hydrogens (tertiary/aromatic N) is 2. The molecule has 0 aliphatic heterocycles. The van der Waals surface area contributed by atoms with Crippen LogP contribution in [0.1, 0.15) is 35.3 Å². The first-order valence-electron chi connectivity index (χ1n) is 6.52. The zero-order valence-electron chi connectivity index (χ0n) is 12.3. The Bertz CT molecular complexity index is 663. The van der Waals surface area contributed by atoms with Gasteiger partial charge in [0.2, 0.25) is 0 Å². The molecular formula is C16H19N3O. The molecule has 1 atom stereocenters. The molecular weight excluding hydrogens is 250 g/mol. The second kappa shape index (κ2) is 5.30. The van der Waals surface area contributed by atoms with Gasteiger partial charge in [0.1, 0.15) is 17.6 Å². The van der Waals surface area contributed by atoms with Crippen molar-refractivity contribution in [2.45, 2.75) is 26.8 Å². The quantitative estimate of drug-likeness (QED) is 0.930. The normalized spacial score (nSPS) is 11.9. The van der Waals surface area contributed by atoms with Gasteiger partial charge in [-0.05, 0) is 44.0 Å². The Balaban J connectivity index is 2.48. The van der Waals surface area contributed by atoms with E-state index in [2.05, 4.69) is 13.0 Å². The van der Waals surface area contributed by atoms with Gasteiger partial charge >= 0.3 is 0 Å². The Kier molecular flexibility index (Phi) is 3.71. The molecule has 0 spiro atoms. The van der Waals surface area contributed by atoms with Gasteiger partial charge in [-0.2, -0.15) is 5.26 Å². The smallest absolute Gasteiger partial charge is 0.122 e. The third-order valence-electron chi connectivity index (χ3n) is 3.89. The average molecular weight is 269 g/mol. The van der Waals surface area contributed by atoms with Gasteiger partial charge in [-0.3, -0.25) is 0 Å².